The Morgan fingerprint density at radius 2 is 1.92 bits per heavy atom. The highest BCUT2D eigenvalue weighted by Gasteiger charge is 2.23. The molecule has 26 heavy (non-hydrogen) atoms. The summed E-state index contributed by atoms with van der Waals surface area (Å²) in [5.74, 6) is 0.747. The first-order chi connectivity index (χ1) is 12.6. The van der Waals surface area contributed by atoms with E-state index in [1.165, 1.54) is 5.56 Å². The highest BCUT2D eigenvalue weighted by atomic mass is 16.5. The van der Waals surface area contributed by atoms with E-state index in [1.54, 1.807) is 0 Å². The Bertz CT molecular complexity index is 972. The zero-order valence-corrected chi connectivity index (χ0v) is 15.0. The summed E-state index contributed by atoms with van der Waals surface area (Å²) in [4.78, 5) is 18.9. The van der Waals surface area contributed by atoms with Gasteiger partial charge in [0.25, 0.3) is 11.4 Å². The van der Waals surface area contributed by atoms with Crippen LogP contribution in [-0.4, -0.2) is 39.3 Å². The number of benzene rings is 1. The predicted octanol–water partition coefficient (Wildman–Crippen LogP) is 2.43. The van der Waals surface area contributed by atoms with Gasteiger partial charge < -0.3 is 9.42 Å². The summed E-state index contributed by atoms with van der Waals surface area (Å²) < 4.78 is 5.43. The fourth-order valence-electron chi connectivity index (χ4n) is 3.39. The number of rotatable bonds is 4. The summed E-state index contributed by atoms with van der Waals surface area (Å²) in [6, 6.07) is 8.04. The molecule has 0 fully saturated rings. The van der Waals surface area contributed by atoms with Crippen molar-refractivity contribution in [3.63, 3.8) is 0 Å². The van der Waals surface area contributed by atoms with E-state index in [9.17, 15) is 4.79 Å². The number of nitrogens with zero attached hydrogens (tertiary/aromatic N) is 4. The van der Waals surface area contributed by atoms with Gasteiger partial charge in [-0.2, -0.15) is 10.1 Å². The van der Waals surface area contributed by atoms with Crippen LogP contribution in [0.5, 0.6) is 0 Å². The van der Waals surface area contributed by atoms with Gasteiger partial charge in [-0.1, -0.05) is 29.4 Å². The van der Waals surface area contributed by atoms with Crippen molar-refractivity contribution < 1.29 is 4.52 Å². The second-order valence-corrected chi connectivity index (χ2v) is 6.92. The van der Waals surface area contributed by atoms with Gasteiger partial charge in [0, 0.05) is 12.1 Å². The van der Waals surface area contributed by atoms with Gasteiger partial charge >= 0.3 is 0 Å². The van der Waals surface area contributed by atoms with Crippen molar-refractivity contribution in [1.29, 1.82) is 0 Å². The Morgan fingerprint density at radius 1 is 1.15 bits per heavy atom. The molecule has 1 aromatic carbocycles. The van der Waals surface area contributed by atoms with Crippen molar-refractivity contribution in [2.45, 2.75) is 32.2 Å². The van der Waals surface area contributed by atoms with Crippen LogP contribution >= 0.6 is 0 Å². The Hall–Kier alpha value is -2.80. The largest absolute Gasteiger partial charge is 0.333 e. The zero-order chi connectivity index (χ0) is 18.1. The summed E-state index contributed by atoms with van der Waals surface area (Å²) >= 11 is 0. The molecule has 7 heteroatoms. The molecule has 7 nitrogen and oxygen atoms in total. The van der Waals surface area contributed by atoms with Gasteiger partial charge in [-0.05, 0) is 50.9 Å². The first kappa shape index (κ1) is 16.7. The SMILES string of the molecule is CN(C)Cc1ccc(-c2noc(-c3c4c(n[nH]c3=O)CCCC4)n2)cc1. The van der Waals surface area contributed by atoms with E-state index in [4.69, 9.17) is 4.52 Å². The van der Waals surface area contributed by atoms with E-state index in [2.05, 4.69) is 25.2 Å². The molecule has 4 rings (SSSR count). The molecule has 0 bridgehead atoms. The van der Waals surface area contributed by atoms with E-state index in [-0.39, 0.29) is 11.4 Å². The number of aryl methyl sites for hydroxylation is 1. The number of hydrogen-bond donors (Lipinski definition) is 1. The number of hydrogen-bond acceptors (Lipinski definition) is 6. The molecule has 3 aromatic rings. The molecule has 2 aromatic heterocycles. The number of H-pyrrole nitrogens is 1. The van der Waals surface area contributed by atoms with E-state index < -0.39 is 0 Å². The fourth-order valence-corrected chi connectivity index (χ4v) is 3.39. The molecular formula is C19H21N5O2. The van der Waals surface area contributed by atoms with Crippen molar-refractivity contribution >= 4 is 0 Å². The minimum absolute atomic E-state index is 0.263. The van der Waals surface area contributed by atoms with E-state index in [0.717, 1.165) is 49.0 Å². The van der Waals surface area contributed by atoms with Crippen LogP contribution in [0.25, 0.3) is 22.8 Å². The zero-order valence-electron chi connectivity index (χ0n) is 15.0. The highest BCUT2D eigenvalue weighted by molar-refractivity contribution is 5.62. The number of nitrogens with one attached hydrogen (secondary N) is 1. The van der Waals surface area contributed by atoms with E-state index in [1.807, 2.05) is 38.4 Å². The maximum absolute atomic E-state index is 12.3. The standard InChI is InChI=1S/C19H21N5O2/c1-24(2)11-12-7-9-13(10-8-12)17-20-19(26-23-17)16-14-5-3-4-6-15(14)21-22-18(16)25/h7-10H,3-6,11H2,1-2H3,(H,22,25). The lowest BCUT2D eigenvalue weighted by atomic mass is 9.93. The van der Waals surface area contributed by atoms with Crippen LogP contribution < -0.4 is 5.56 Å². The molecule has 0 saturated carbocycles. The second-order valence-electron chi connectivity index (χ2n) is 6.92. The van der Waals surface area contributed by atoms with Gasteiger partial charge in [-0.15, -0.1) is 0 Å². The monoisotopic (exact) mass is 351 g/mol. The summed E-state index contributed by atoms with van der Waals surface area (Å²) in [7, 11) is 4.07. The number of fused-ring (bicyclic) bond motifs is 1. The van der Waals surface area contributed by atoms with Gasteiger partial charge in [0.2, 0.25) is 5.82 Å². The van der Waals surface area contributed by atoms with Gasteiger partial charge in [0.1, 0.15) is 5.56 Å². The maximum Gasteiger partial charge on any atom is 0.277 e. The smallest absolute Gasteiger partial charge is 0.277 e. The minimum Gasteiger partial charge on any atom is -0.333 e. The van der Waals surface area contributed by atoms with Crippen LogP contribution in [0.4, 0.5) is 0 Å². The molecule has 1 N–H and O–H groups in total. The quantitative estimate of drug-likeness (QED) is 0.777. The van der Waals surface area contributed by atoms with Crippen LogP contribution in [0, 0.1) is 0 Å². The molecule has 0 spiro atoms. The van der Waals surface area contributed by atoms with Crippen molar-refractivity contribution in [2.24, 2.45) is 0 Å². The number of aromatic nitrogens is 4. The molecule has 1 aliphatic rings. The molecule has 1 aliphatic carbocycles. The van der Waals surface area contributed by atoms with E-state index in [0.29, 0.717) is 11.4 Å². The average molecular weight is 351 g/mol. The fraction of sp³-hybridized carbons (Fsp3) is 0.368. The predicted molar refractivity (Wildman–Crippen MR) is 97.6 cm³/mol. The van der Waals surface area contributed by atoms with Crippen LogP contribution in [0.3, 0.4) is 0 Å². The molecule has 0 saturated heterocycles. The lowest BCUT2D eigenvalue weighted by molar-refractivity contribution is 0.402. The van der Waals surface area contributed by atoms with Crippen molar-refractivity contribution in [3.8, 4) is 22.8 Å². The summed E-state index contributed by atoms with van der Waals surface area (Å²) in [5.41, 5.74) is 4.14. The van der Waals surface area contributed by atoms with Gasteiger partial charge in [0.05, 0.1) is 5.69 Å². The van der Waals surface area contributed by atoms with Gasteiger partial charge in [-0.3, -0.25) is 4.79 Å². The topological polar surface area (TPSA) is 87.9 Å². The normalized spacial score (nSPS) is 13.8. The molecule has 134 valence electrons. The average Bonchev–Trinajstić information content (AvgIpc) is 3.11. The highest BCUT2D eigenvalue weighted by Crippen LogP contribution is 2.28. The van der Waals surface area contributed by atoms with Crippen LogP contribution in [-0.2, 0) is 19.4 Å². The van der Waals surface area contributed by atoms with Crippen LogP contribution in [0.2, 0.25) is 0 Å². The minimum atomic E-state index is -0.276. The maximum atomic E-state index is 12.3. The second kappa shape index (κ2) is 6.84. The third-order valence-electron chi connectivity index (χ3n) is 4.61. The molecule has 0 atom stereocenters. The third kappa shape index (κ3) is 3.17. The molecule has 0 unspecified atom stereocenters. The lowest BCUT2D eigenvalue weighted by Crippen LogP contribution is -2.19. The van der Waals surface area contributed by atoms with Crippen molar-refractivity contribution in [3.05, 3.63) is 51.4 Å². The molecule has 0 aliphatic heterocycles. The van der Waals surface area contributed by atoms with Crippen molar-refractivity contribution in [1.82, 2.24) is 25.2 Å². The van der Waals surface area contributed by atoms with Crippen LogP contribution in [0.1, 0.15) is 29.7 Å². The first-order valence-corrected chi connectivity index (χ1v) is 8.80. The molecule has 0 amide bonds. The Morgan fingerprint density at radius 3 is 2.69 bits per heavy atom. The lowest BCUT2D eigenvalue weighted by Gasteiger charge is -2.15. The third-order valence-corrected chi connectivity index (χ3v) is 4.61. The molecule has 2 heterocycles. The Kier molecular flexibility index (Phi) is 4.38. The summed E-state index contributed by atoms with van der Waals surface area (Å²) in [6.45, 7) is 0.871. The van der Waals surface area contributed by atoms with Crippen molar-refractivity contribution in [2.75, 3.05) is 14.1 Å². The number of aromatic amines is 1. The molecular weight excluding hydrogens is 330 g/mol. The Balaban J connectivity index is 1.68. The van der Waals surface area contributed by atoms with E-state index >= 15 is 0 Å². The summed E-state index contributed by atoms with van der Waals surface area (Å²) in [6.07, 6.45) is 3.81. The van der Waals surface area contributed by atoms with Crippen LogP contribution in [0.15, 0.2) is 33.6 Å². The van der Waals surface area contributed by atoms with Gasteiger partial charge in [-0.25, -0.2) is 5.10 Å². The molecule has 0 radical (unpaired) electrons. The van der Waals surface area contributed by atoms with Gasteiger partial charge in [0.15, 0.2) is 0 Å². The first-order valence-electron chi connectivity index (χ1n) is 8.80. The summed E-state index contributed by atoms with van der Waals surface area (Å²) in [5, 5.41) is 10.8. The Labute approximate surface area is 151 Å².